The molecule has 1 heterocycles. The van der Waals surface area contributed by atoms with Gasteiger partial charge < -0.3 is 10.2 Å². The van der Waals surface area contributed by atoms with Crippen LogP contribution in [0.1, 0.15) is 99.8 Å². The first-order valence-corrected chi connectivity index (χ1v) is 12.4. The van der Waals surface area contributed by atoms with Crippen molar-refractivity contribution in [1.82, 2.24) is 10.2 Å². The van der Waals surface area contributed by atoms with Crippen LogP contribution in [0.5, 0.6) is 0 Å². The highest BCUT2D eigenvalue weighted by Gasteiger charge is 2.40. The maximum atomic E-state index is 12.9. The average molecular weight is 407 g/mol. The van der Waals surface area contributed by atoms with Crippen molar-refractivity contribution in [2.75, 3.05) is 13.1 Å². The van der Waals surface area contributed by atoms with Crippen molar-refractivity contribution in [1.29, 1.82) is 0 Å². The molecule has 1 amide bonds. The van der Waals surface area contributed by atoms with Crippen molar-refractivity contribution in [2.24, 2.45) is 23.2 Å². The van der Waals surface area contributed by atoms with Crippen molar-refractivity contribution < 1.29 is 11.0 Å². The maximum absolute atomic E-state index is 12.9. The third-order valence-corrected chi connectivity index (χ3v) is 8.58. The van der Waals surface area contributed by atoms with E-state index in [4.69, 9.17) is 0 Å². The minimum Gasteiger partial charge on any atom is -0.353 e. The van der Waals surface area contributed by atoms with Gasteiger partial charge in [0, 0.05) is 31.3 Å². The van der Waals surface area contributed by atoms with Gasteiger partial charge in [-0.25, -0.2) is 0 Å². The molecule has 0 radical (unpaired) electrons. The number of carbonyl (C=O) groups excluding carboxylic acids is 2. The molecule has 1 spiro atoms. The molecule has 4 heteroatoms. The molecule has 1 unspecified atom stereocenters. The molecule has 1 saturated heterocycles. The molecule has 2 aliphatic carbocycles. The third-order valence-electron chi connectivity index (χ3n) is 8.58. The fourth-order valence-electron chi connectivity index (χ4n) is 5.95. The maximum Gasteiger partial charge on any atom is 0.223 e. The summed E-state index contributed by atoms with van der Waals surface area (Å²) in [5, 5.41) is 3.35. The minimum absolute atomic E-state index is 0. The topological polar surface area (TPSA) is 49.4 Å². The molecule has 4 nitrogen and oxygen atoms in total. The molecule has 3 aliphatic rings. The Kier molecular flexibility index (Phi) is 7.81. The van der Waals surface area contributed by atoms with Crippen molar-refractivity contribution in [3.63, 3.8) is 0 Å². The second kappa shape index (κ2) is 9.94. The van der Waals surface area contributed by atoms with E-state index in [0.717, 1.165) is 44.9 Å². The van der Waals surface area contributed by atoms with Crippen LogP contribution in [-0.2, 0) is 9.59 Å². The van der Waals surface area contributed by atoms with Crippen LogP contribution < -0.4 is 5.32 Å². The molecule has 29 heavy (non-hydrogen) atoms. The van der Waals surface area contributed by atoms with Gasteiger partial charge in [0.2, 0.25) is 5.91 Å². The Morgan fingerprint density at radius 3 is 2.03 bits per heavy atom. The first-order chi connectivity index (χ1) is 13.8. The Labute approximate surface area is 180 Å². The van der Waals surface area contributed by atoms with E-state index in [1.165, 1.54) is 38.8 Å². The predicted molar refractivity (Wildman–Crippen MR) is 121 cm³/mol. The second-order valence-corrected chi connectivity index (χ2v) is 10.7. The van der Waals surface area contributed by atoms with Crippen LogP contribution in [0.2, 0.25) is 0 Å². The van der Waals surface area contributed by atoms with Gasteiger partial charge in [-0.1, -0.05) is 13.8 Å². The van der Waals surface area contributed by atoms with Gasteiger partial charge in [0.05, 0.1) is 0 Å². The standard InChI is InChI=1S/C25H44N2O2.H2/c1-5-19(4)23(28)20-6-8-22(9-7-20)26-24(29)21-10-12-25(13-11-21)14-16-27(17-15-25)18(2)3;/h18-22H,5-17H2,1-4H3,(H,26,29);1H. The van der Waals surface area contributed by atoms with Crippen LogP contribution in [-0.4, -0.2) is 41.8 Å². The quantitative estimate of drug-likeness (QED) is 0.659. The smallest absolute Gasteiger partial charge is 0.223 e. The summed E-state index contributed by atoms with van der Waals surface area (Å²) in [4.78, 5) is 27.9. The molecule has 0 aromatic heterocycles. The number of piperidine rings is 1. The van der Waals surface area contributed by atoms with E-state index in [1.807, 2.05) is 0 Å². The number of rotatable bonds is 6. The van der Waals surface area contributed by atoms with E-state index in [2.05, 4.69) is 37.9 Å². The lowest BCUT2D eigenvalue weighted by molar-refractivity contribution is -0.128. The van der Waals surface area contributed by atoms with E-state index in [0.29, 0.717) is 17.2 Å². The van der Waals surface area contributed by atoms with Crippen LogP contribution >= 0.6 is 0 Å². The molecular weight excluding hydrogens is 360 g/mol. The summed E-state index contributed by atoms with van der Waals surface area (Å²) < 4.78 is 0. The molecule has 0 bridgehead atoms. The van der Waals surface area contributed by atoms with Crippen molar-refractivity contribution in [3.8, 4) is 0 Å². The summed E-state index contributed by atoms with van der Waals surface area (Å²) in [5.74, 6) is 1.36. The zero-order chi connectivity index (χ0) is 21.0. The van der Waals surface area contributed by atoms with Gasteiger partial charge in [0.1, 0.15) is 5.78 Å². The van der Waals surface area contributed by atoms with E-state index < -0.39 is 0 Å². The molecule has 1 atom stereocenters. The highest BCUT2D eigenvalue weighted by molar-refractivity contribution is 5.83. The zero-order valence-electron chi connectivity index (χ0n) is 19.3. The highest BCUT2D eigenvalue weighted by atomic mass is 16.2. The number of likely N-dealkylation sites (tertiary alicyclic amines) is 1. The first kappa shape index (κ1) is 22.8. The van der Waals surface area contributed by atoms with Crippen LogP contribution in [0.3, 0.4) is 0 Å². The van der Waals surface area contributed by atoms with E-state index >= 15 is 0 Å². The SMILES string of the molecule is CCC(C)C(=O)C1CCC(NC(=O)C2CCC3(CC2)CCN(C(C)C)CC3)CC1.[HH]. The van der Waals surface area contributed by atoms with Gasteiger partial charge in [-0.05, 0) is 103 Å². The van der Waals surface area contributed by atoms with Crippen molar-refractivity contribution in [3.05, 3.63) is 0 Å². The lowest BCUT2D eigenvalue weighted by Gasteiger charge is -2.47. The van der Waals surface area contributed by atoms with Crippen molar-refractivity contribution >= 4 is 11.7 Å². The molecule has 3 rings (SSSR count). The number of Topliss-reactive ketones (excluding diaryl/α,β-unsaturated/α-hetero) is 1. The number of nitrogens with one attached hydrogen (secondary N) is 1. The Hall–Kier alpha value is -0.900. The fraction of sp³-hybridized carbons (Fsp3) is 0.920. The van der Waals surface area contributed by atoms with Gasteiger partial charge in [0.25, 0.3) is 0 Å². The molecule has 3 fully saturated rings. The van der Waals surface area contributed by atoms with Gasteiger partial charge in [0.15, 0.2) is 0 Å². The van der Waals surface area contributed by atoms with Crippen molar-refractivity contribution in [2.45, 2.75) is 110 Å². The first-order valence-electron chi connectivity index (χ1n) is 12.4. The molecule has 1 aliphatic heterocycles. The highest BCUT2D eigenvalue weighted by Crippen LogP contribution is 2.46. The average Bonchev–Trinajstić information content (AvgIpc) is 2.74. The summed E-state index contributed by atoms with van der Waals surface area (Å²) in [6.07, 6.45) is 12.0. The summed E-state index contributed by atoms with van der Waals surface area (Å²) in [6, 6.07) is 0.943. The normalized spacial score (nSPS) is 29.7. The number of hydrogen-bond acceptors (Lipinski definition) is 3. The number of nitrogens with zero attached hydrogens (tertiary/aromatic N) is 1. The summed E-state index contributed by atoms with van der Waals surface area (Å²) in [5.41, 5.74) is 0.510. The van der Waals surface area contributed by atoms with E-state index in [1.54, 1.807) is 0 Å². The zero-order valence-corrected chi connectivity index (χ0v) is 19.3. The number of amides is 1. The van der Waals surface area contributed by atoms with Gasteiger partial charge in [-0.3, -0.25) is 9.59 Å². The summed E-state index contributed by atoms with van der Waals surface area (Å²) in [6.45, 7) is 11.2. The number of ketones is 1. The second-order valence-electron chi connectivity index (χ2n) is 10.7. The summed E-state index contributed by atoms with van der Waals surface area (Å²) >= 11 is 0. The Morgan fingerprint density at radius 2 is 1.52 bits per heavy atom. The van der Waals surface area contributed by atoms with Crippen LogP contribution in [0, 0.1) is 23.2 Å². The minimum atomic E-state index is 0. The third kappa shape index (κ3) is 5.62. The lowest BCUT2D eigenvalue weighted by Crippen LogP contribution is -2.47. The molecule has 1 N–H and O–H groups in total. The van der Waals surface area contributed by atoms with E-state index in [-0.39, 0.29) is 31.1 Å². The molecule has 2 saturated carbocycles. The Morgan fingerprint density at radius 1 is 0.931 bits per heavy atom. The largest absolute Gasteiger partial charge is 0.353 e. The van der Waals surface area contributed by atoms with E-state index in [9.17, 15) is 9.59 Å². The summed E-state index contributed by atoms with van der Waals surface area (Å²) in [7, 11) is 0. The van der Waals surface area contributed by atoms with Gasteiger partial charge >= 0.3 is 0 Å². The lowest BCUT2D eigenvalue weighted by atomic mass is 9.65. The predicted octanol–water partition coefficient (Wildman–Crippen LogP) is 5.20. The fourth-order valence-corrected chi connectivity index (χ4v) is 5.95. The molecular formula is C25H46N2O2. The Bertz CT molecular complexity index is 553. The molecule has 0 aromatic carbocycles. The van der Waals surface area contributed by atoms with Crippen LogP contribution in [0.4, 0.5) is 0 Å². The molecule has 168 valence electrons. The van der Waals surface area contributed by atoms with Gasteiger partial charge in [-0.2, -0.15) is 0 Å². The van der Waals surface area contributed by atoms with Crippen LogP contribution in [0.25, 0.3) is 0 Å². The van der Waals surface area contributed by atoms with Crippen LogP contribution in [0.15, 0.2) is 0 Å². The number of hydrogen-bond donors (Lipinski definition) is 1. The molecule has 0 aromatic rings. The van der Waals surface area contributed by atoms with Gasteiger partial charge in [-0.15, -0.1) is 0 Å². The monoisotopic (exact) mass is 406 g/mol. The Balaban J connectivity index is 0.00000320. The number of carbonyl (C=O) groups is 2.